The van der Waals surface area contributed by atoms with Crippen LogP contribution >= 0.6 is 11.3 Å². The van der Waals surface area contributed by atoms with Crippen LogP contribution in [0.25, 0.3) is 0 Å². The first-order chi connectivity index (χ1) is 13.5. The first kappa shape index (κ1) is 21.7. The highest BCUT2D eigenvalue weighted by Gasteiger charge is 2.05. The van der Waals surface area contributed by atoms with Gasteiger partial charge in [0, 0.05) is 30.9 Å². The molecule has 0 aliphatic heterocycles. The molecule has 1 aromatic carbocycles. The number of ether oxygens (including phenoxy) is 1. The third-order valence-corrected chi connectivity index (χ3v) is 5.21. The summed E-state index contributed by atoms with van der Waals surface area (Å²) in [5.41, 5.74) is 2.10. The summed E-state index contributed by atoms with van der Waals surface area (Å²) in [6.07, 6.45) is 0.827. The van der Waals surface area contributed by atoms with Crippen molar-refractivity contribution in [3.8, 4) is 5.75 Å². The van der Waals surface area contributed by atoms with Crippen molar-refractivity contribution in [2.75, 3.05) is 26.7 Å². The topological polar surface area (TPSA) is 87.6 Å². The van der Waals surface area contributed by atoms with E-state index in [2.05, 4.69) is 32.9 Å². The molecule has 0 fully saturated rings. The van der Waals surface area contributed by atoms with E-state index in [4.69, 9.17) is 4.74 Å². The lowest BCUT2D eigenvalue weighted by Crippen LogP contribution is -2.39. The van der Waals surface area contributed by atoms with Gasteiger partial charge in [0.25, 0.3) is 0 Å². The Labute approximate surface area is 170 Å². The Balaban J connectivity index is 1.77. The van der Waals surface area contributed by atoms with Gasteiger partial charge in [-0.15, -0.1) is 11.3 Å². The monoisotopic (exact) mass is 403 g/mol. The van der Waals surface area contributed by atoms with Crippen molar-refractivity contribution in [1.82, 2.24) is 20.9 Å². The number of rotatable bonds is 9. The molecule has 2 aromatic rings. The second-order valence-electron chi connectivity index (χ2n) is 6.25. The van der Waals surface area contributed by atoms with E-state index in [1.165, 1.54) is 4.88 Å². The molecule has 8 heteroatoms. The molecule has 1 aromatic heterocycles. The van der Waals surface area contributed by atoms with Crippen LogP contribution in [0.3, 0.4) is 0 Å². The molecule has 0 radical (unpaired) electrons. The van der Waals surface area contributed by atoms with Gasteiger partial charge in [-0.1, -0.05) is 12.1 Å². The fraction of sp³-hybridized carbons (Fsp3) is 0.450. The number of nitrogens with zero attached hydrogens (tertiary/aromatic N) is 2. The van der Waals surface area contributed by atoms with Crippen molar-refractivity contribution in [1.29, 1.82) is 0 Å². The van der Waals surface area contributed by atoms with Gasteiger partial charge in [0.1, 0.15) is 12.3 Å². The summed E-state index contributed by atoms with van der Waals surface area (Å²) in [4.78, 5) is 22.2. The minimum Gasteiger partial charge on any atom is -0.497 e. The summed E-state index contributed by atoms with van der Waals surface area (Å²) >= 11 is 1.72. The van der Waals surface area contributed by atoms with Gasteiger partial charge >= 0.3 is 0 Å². The lowest BCUT2D eigenvalue weighted by atomic mass is 10.2. The summed E-state index contributed by atoms with van der Waals surface area (Å²) in [5, 5.41) is 10.4. The molecule has 0 aliphatic carbocycles. The maximum atomic E-state index is 12.1. The Morgan fingerprint density at radius 1 is 1.18 bits per heavy atom. The van der Waals surface area contributed by atoms with Gasteiger partial charge in [-0.3, -0.25) is 4.79 Å². The highest BCUT2D eigenvalue weighted by atomic mass is 32.1. The van der Waals surface area contributed by atoms with Crippen LogP contribution in [0.15, 0.2) is 29.3 Å². The average Bonchev–Trinajstić information content (AvgIpc) is 3.02. The molecular formula is C20H29N5O2S. The predicted molar refractivity (Wildman–Crippen MR) is 114 cm³/mol. The Morgan fingerprint density at radius 3 is 2.54 bits per heavy atom. The minimum atomic E-state index is -0.126. The smallest absolute Gasteiger partial charge is 0.242 e. The zero-order valence-corrected chi connectivity index (χ0v) is 17.8. The van der Waals surface area contributed by atoms with Crippen LogP contribution < -0.4 is 20.7 Å². The SMILES string of the molecule is CCNC(=NCC(=O)NCc1ccc(OC)cc1)NCCc1nc(C)c(C)s1. The number of thiazole rings is 1. The van der Waals surface area contributed by atoms with Crippen molar-refractivity contribution in [3.05, 3.63) is 45.4 Å². The summed E-state index contributed by atoms with van der Waals surface area (Å²) in [7, 11) is 1.63. The van der Waals surface area contributed by atoms with E-state index >= 15 is 0 Å². The van der Waals surface area contributed by atoms with Gasteiger partial charge in [0.2, 0.25) is 5.91 Å². The maximum Gasteiger partial charge on any atom is 0.242 e. The highest BCUT2D eigenvalue weighted by molar-refractivity contribution is 7.11. The number of carbonyl (C=O) groups is 1. The summed E-state index contributed by atoms with van der Waals surface area (Å²) in [6, 6.07) is 7.60. The molecule has 152 valence electrons. The average molecular weight is 404 g/mol. The van der Waals surface area contributed by atoms with E-state index in [1.54, 1.807) is 18.4 Å². The molecule has 0 bridgehead atoms. The molecule has 1 amide bonds. The van der Waals surface area contributed by atoms with Crippen molar-refractivity contribution in [2.24, 2.45) is 4.99 Å². The van der Waals surface area contributed by atoms with Crippen LogP contribution in [0.2, 0.25) is 0 Å². The quantitative estimate of drug-likeness (QED) is 0.441. The third kappa shape index (κ3) is 7.19. The summed E-state index contributed by atoms with van der Waals surface area (Å²) in [6.45, 7) is 8.08. The van der Waals surface area contributed by atoms with Gasteiger partial charge in [0.15, 0.2) is 5.96 Å². The van der Waals surface area contributed by atoms with E-state index in [0.717, 1.165) is 35.0 Å². The Kier molecular flexibility index (Phi) is 8.74. The number of hydrogen-bond donors (Lipinski definition) is 3. The molecule has 0 unspecified atom stereocenters. The van der Waals surface area contributed by atoms with E-state index in [1.807, 2.05) is 38.1 Å². The minimum absolute atomic E-state index is 0.0704. The van der Waals surface area contributed by atoms with Crippen LogP contribution in [0.4, 0.5) is 0 Å². The van der Waals surface area contributed by atoms with Crippen LogP contribution in [0, 0.1) is 13.8 Å². The van der Waals surface area contributed by atoms with E-state index < -0.39 is 0 Å². The lowest BCUT2D eigenvalue weighted by Gasteiger charge is -2.11. The number of aliphatic imine (C=N–C) groups is 1. The molecule has 0 aliphatic rings. The zero-order chi connectivity index (χ0) is 20.4. The van der Waals surface area contributed by atoms with Crippen LogP contribution in [-0.2, 0) is 17.8 Å². The van der Waals surface area contributed by atoms with Gasteiger partial charge < -0.3 is 20.7 Å². The van der Waals surface area contributed by atoms with E-state index in [9.17, 15) is 4.79 Å². The molecule has 0 spiro atoms. The van der Waals surface area contributed by atoms with Crippen molar-refractivity contribution < 1.29 is 9.53 Å². The Morgan fingerprint density at radius 2 is 1.93 bits per heavy atom. The van der Waals surface area contributed by atoms with Gasteiger partial charge in [-0.25, -0.2) is 9.98 Å². The Bertz CT molecular complexity index is 767. The third-order valence-electron chi connectivity index (χ3n) is 4.08. The normalized spacial score (nSPS) is 11.2. The molecule has 28 heavy (non-hydrogen) atoms. The Hall–Kier alpha value is -2.61. The first-order valence-corrected chi connectivity index (χ1v) is 10.2. The van der Waals surface area contributed by atoms with Crippen molar-refractivity contribution in [3.63, 3.8) is 0 Å². The number of aromatic nitrogens is 1. The van der Waals surface area contributed by atoms with Gasteiger partial charge in [0.05, 0.1) is 17.8 Å². The molecule has 0 atom stereocenters. The molecule has 3 N–H and O–H groups in total. The second kappa shape index (κ2) is 11.3. The summed E-state index contributed by atoms with van der Waals surface area (Å²) in [5.74, 6) is 1.30. The number of nitrogens with one attached hydrogen (secondary N) is 3. The molecule has 0 saturated heterocycles. The standard InChI is InChI=1S/C20H29N5O2S/c1-5-21-20(22-11-10-19-25-14(2)15(3)28-19)24-13-18(26)23-12-16-6-8-17(27-4)9-7-16/h6-9H,5,10-13H2,1-4H3,(H,23,26)(H2,21,22,24). The van der Waals surface area contributed by atoms with Crippen molar-refractivity contribution in [2.45, 2.75) is 33.7 Å². The molecule has 1 heterocycles. The highest BCUT2D eigenvalue weighted by Crippen LogP contribution is 2.16. The molecule has 2 rings (SSSR count). The molecule has 0 saturated carbocycles. The van der Waals surface area contributed by atoms with E-state index in [0.29, 0.717) is 19.0 Å². The number of guanidine groups is 1. The molecule has 7 nitrogen and oxygen atoms in total. The van der Waals surface area contributed by atoms with E-state index in [-0.39, 0.29) is 12.5 Å². The van der Waals surface area contributed by atoms with Crippen LogP contribution in [0.1, 0.15) is 28.1 Å². The number of amides is 1. The van der Waals surface area contributed by atoms with Crippen LogP contribution in [0.5, 0.6) is 5.75 Å². The zero-order valence-electron chi connectivity index (χ0n) is 17.0. The van der Waals surface area contributed by atoms with Crippen LogP contribution in [-0.4, -0.2) is 43.6 Å². The van der Waals surface area contributed by atoms with Gasteiger partial charge in [-0.2, -0.15) is 0 Å². The second-order valence-corrected chi connectivity index (χ2v) is 7.53. The predicted octanol–water partition coefficient (Wildman–Crippen LogP) is 2.18. The fourth-order valence-electron chi connectivity index (χ4n) is 2.43. The first-order valence-electron chi connectivity index (χ1n) is 9.36. The number of aryl methyl sites for hydroxylation is 2. The summed E-state index contributed by atoms with van der Waals surface area (Å²) < 4.78 is 5.13. The largest absolute Gasteiger partial charge is 0.497 e. The fourth-order valence-corrected chi connectivity index (χ4v) is 3.36. The van der Waals surface area contributed by atoms with Crippen molar-refractivity contribution >= 4 is 23.2 Å². The number of methoxy groups -OCH3 is 1. The number of hydrogen-bond acceptors (Lipinski definition) is 5. The van der Waals surface area contributed by atoms with Gasteiger partial charge in [-0.05, 0) is 38.5 Å². The number of carbonyl (C=O) groups excluding carboxylic acids is 1. The number of benzene rings is 1. The maximum absolute atomic E-state index is 12.1. The molecular weight excluding hydrogens is 374 g/mol. The lowest BCUT2D eigenvalue weighted by molar-refractivity contribution is -0.119.